The highest BCUT2D eigenvalue weighted by atomic mass is 19.4. The maximum Gasteiger partial charge on any atom is 0.471 e. The number of nitriles is 1. The van der Waals surface area contributed by atoms with Crippen LogP contribution in [0.15, 0.2) is 24.3 Å². The van der Waals surface area contributed by atoms with Gasteiger partial charge in [0.15, 0.2) is 0 Å². The summed E-state index contributed by atoms with van der Waals surface area (Å²) in [5.74, 6) is -9.16. The van der Waals surface area contributed by atoms with Gasteiger partial charge >= 0.3 is 12.1 Å². The molecule has 1 spiro atoms. The Bertz CT molecular complexity index is 1280. The number of fused-ring (bicyclic) bond motifs is 2. The zero-order valence-electron chi connectivity index (χ0n) is 21.1. The summed E-state index contributed by atoms with van der Waals surface area (Å²) < 4.78 is 65.9. The summed E-state index contributed by atoms with van der Waals surface area (Å²) in [5, 5.41) is 16.5. The molecule has 0 radical (unpaired) electrons. The van der Waals surface area contributed by atoms with Gasteiger partial charge in [-0.1, -0.05) is 31.0 Å². The molecule has 2 aliphatic heterocycles. The van der Waals surface area contributed by atoms with E-state index in [0.29, 0.717) is 11.3 Å². The van der Waals surface area contributed by atoms with Crippen molar-refractivity contribution in [3.8, 4) is 6.07 Å². The Morgan fingerprint density at radius 3 is 2.40 bits per heavy atom. The van der Waals surface area contributed by atoms with Crippen molar-refractivity contribution in [2.75, 3.05) is 11.9 Å². The van der Waals surface area contributed by atoms with Crippen LogP contribution >= 0.6 is 0 Å². The fourth-order valence-corrected chi connectivity index (χ4v) is 5.92. The molecule has 5 rings (SSSR count). The fraction of sp³-hybridized carbons (Fsp3) is 0.577. The summed E-state index contributed by atoms with van der Waals surface area (Å²) in [6.07, 6.45) is -5.56. The van der Waals surface area contributed by atoms with Gasteiger partial charge < -0.3 is 20.9 Å². The van der Waals surface area contributed by atoms with Gasteiger partial charge in [0.2, 0.25) is 23.6 Å². The van der Waals surface area contributed by atoms with Gasteiger partial charge in [0.1, 0.15) is 18.1 Å². The Morgan fingerprint density at radius 1 is 1.12 bits per heavy atom. The third-order valence-electron chi connectivity index (χ3n) is 8.22. The second-order valence-electron chi connectivity index (χ2n) is 11.1. The summed E-state index contributed by atoms with van der Waals surface area (Å²) in [4.78, 5) is 52.8. The average Bonchev–Trinajstić information content (AvgIpc) is 3.54. The minimum atomic E-state index is -5.35. The molecule has 1 aromatic carbocycles. The van der Waals surface area contributed by atoms with Crippen molar-refractivity contribution >= 4 is 29.3 Å². The number of nitrogens with one attached hydrogen (secondary N) is 3. The lowest BCUT2D eigenvalue weighted by molar-refractivity contribution is -0.178. The predicted octanol–water partition coefficient (Wildman–Crippen LogP) is 2.38. The number of hydrogen-bond acceptors (Lipinski definition) is 5. The molecule has 3 N–H and O–H groups in total. The van der Waals surface area contributed by atoms with Crippen molar-refractivity contribution < 1.29 is 41.1 Å². The molecule has 4 aliphatic rings. The Labute approximate surface area is 225 Å². The summed E-state index contributed by atoms with van der Waals surface area (Å²) in [7, 11) is 0. The molecule has 4 amide bonds. The number of carbonyl (C=O) groups is 4. The van der Waals surface area contributed by atoms with Crippen LogP contribution < -0.4 is 16.0 Å². The second-order valence-corrected chi connectivity index (χ2v) is 11.1. The summed E-state index contributed by atoms with van der Waals surface area (Å²) >= 11 is 0. The Kier molecular flexibility index (Phi) is 6.74. The number of likely N-dealkylation sites (tertiary alicyclic amines) is 1. The van der Waals surface area contributed by atoms with Gasteiger partial charge in [-0.25, -0.2) is 8.78 Å². The van der Waals surface area contributed by atoms with Crippen molar-refractivity contribution in [2.45, 2.75) is 74.2 Å². The molecule has 214 valence electrons. The maximum atomic E-state index is 13.8. The van der Waals surface area contributed by atoms with E-state index in [-0.39, 0.29) is 31.2 Å². The topological polar surface area (TPSA) is 131 Å². The minimum absolute atomic E-state index is 0.00357. The first-order valence-corrected chi connectivity index (χ1v) is 12.9. The number of benzene rings is 1. The van der Waals surface area contributed by atoms with Crippen LogP contribution in [0.5, 0.6) is 0 Å². The van der Waals surface area contributed by atoms with Crippen LogP contribution in [0.2, 0.25) is 0 Å². The van der Waals surface area contributed by atoms with Gasteiger partial charge in [-0.05, 0) is 29.9 Å². The van der Waals surface area contributed by atoms with E-state index in [0.717, 1.165) is 12.8 Å². The lowest BCUT2D eigenvalue weighted by atomic mass is 9.76. The standard InChI is InChI=1S/C26H26F5N5O4/c27-25(28)8-14(9-25)19(35-23(40)26(29,30)31)20(37)33-18(7-13-5-6-13)21(38)36-12-24(10-15(36)11-32)16-3-1-2-4-17(16)34-22(24)39/h1-4,13-15,18-19H,5-10,12H2,(H,33,37)(H,34,39)(H,35,40)/t15-,18-,19-,24-/m0/s1. The normalized spacial score (nSPS) is 26.8. The van der Waals surface area contributed by atoms with Crippen LogP contribution in [0.3, 0.4) is 0 Å². The SMILES string of the molecule is N#C[C@@H]1C[C@@]2(CN1C(=O)[C@H](CC1CC1)NC(=O)[C@@H](NC(=O)C(F)(F)F)C1CC(F)(F)C1)C(=O)Nc1ccccc12. The fourth-order valence-electron chi connectivity index (χ4n) is 5.92. The number of amides is 4. The summed E-state index contributed by atoms with van der Waals surface area (Å²) in [6.45, 7) is -0.160. The van der Waals surface area contributed by atoms with E-state index in [1.54, 1.807) is 24.3 Å². The van der Waals surface area contributed by atoms with Crippen LogP contribution in [0.4, 0.5) is 27.6 Å². The van der Waals surface area contributed by atoms with E-state index in [9.17, 15) is 46.4 Å². The zero-order valence-corrected chi connectivity index (χ0v) is 21.1. The number of halogens is 5. The monoisotopic (exact) mass is 567 g/mol. The van der Waals surface area contributed by atoms with Crippen molar-refractivity contribution in [2.24, 2.45) is 11.8 Å². The summed E-state index contributed by atoms with van der Waals surface area (Å²) in [6, 6.07) is 4.64. The van der Waals surface area contributed by atoms with Crippen LogP contribution in [0, 0.1) is 23.2 Å². The van der Waals surface area contributed by atoms with Crippen LogP contribution in [0.25, 0.3) is 0 Å². The quantitative estimate of drug-likeness (QED) is 0.436. The molecule has 2 aliphatic carbocycles. The first-order valence-electron chi connectivity index (χ1n) is 12.9. The van der Waals surface area contributed by atoms with Crippen molar-refractivity contribution in [1.82, 2.24) is 15.5 Å². The van der Waals surface area contributed by atoms with Crippen LogP contribution in [-0.2, 0) is 24.6 Å². The number of para-hydroxylation sites is 1. The van der Waals surface area contributed by atoms with E-state index in [1.807, 2.05) is 6.07 Å². The molecular weight excluding hydrogens is 541 g/mol. The molecule has 40 heavy (non-hydrogen) atoms. The lowest BCUT2D eigenvalue weighted by Gasteiger charge is -2.40. The molecule has 2 heterocycles. The molecule has 9 nitrogen and oxygen atoms in total. The molecular formula is C26H26F5N5O4. The molecule has 2 saturated carbocycles. The Hall–Kier alpha value is -3.76. The number of alkyl halides is 5. The molecule has 0 unspecified atom stereocenters. The van der Waals surface area contributed by atoms with Gasteiger partial charge in [0.05, 0.1) is 11.5 Å². The van der Waals surface area contributed by atoms with Crippen LogP contribution in [0.1, 0.15) is 44.1 Å². The maximum absolute atomic E-state index is 13.8. The third kappa shape index (κ3) is 5.09. The third-order valence-corrected chi connectivity index (χ3v) is 8.22. The highest BCUT2D eigenvalue weighted by molar-refractivity contribution is 6.07. The van der Waals surface area contributed by atoms with Gasteiger partial charge in [-0.3, -0.25) is 19.2 Å². The van der Waals surface area contributed by atoms with Gasteiger partial charge in [-0.2, -0.15) is 18.4 Å². The Balaban J connectivity index is 1.37. The van der Waals surface area contributed by atoms with Crippen molar-refractivity contribution in [1.29, 1.82) is 5.26 Å². The number of nitrogens with zero attached hydrogens (tertiary/aromatic N) is 2. The molecule has 1 saturated heterocycles. The Morgan fingerprint density at radius 2 is 1.80 bits per heavy atom. The molecule has 14 heteroatoms. The largest absolute Gasteiger partial charge is 0.471 e. The molecule has 1 aromatic rings. The molecule has 0 bridgehead atoms. The smallest absolute Gasteiger partial charge is 0.342 e. The van der Waals surface area contributed by atoms with Gasteiger partial charge in [-0.15, -0.1) is 0 Å². The highest BCUT2D eigenvalue weighted by Gasteiger charge is 2.57. The second kappa shape index (κ2) is 9.71. The van der Waals surface area contributed by atoms with Crippen LogP contribution in [-0.4, -0.2) is 65.3 Å². The van der Waals surface area contributed by atoms with Gasteiger partial charge in [0.25, 0.3) is 0 Å². The first-order chi connectivity index (χ1) is 18.7. The van der Waals surface area contributed by atoms with E-state index >= 15 is 0 Å². The average molecular weight is 568 g/mol. The number of rotatable bonds is 7. The number of anilines is 1. The molecule has 0 aromatic heterocycles. The van der Waals surface area contributed by atoms with E-state index in [4.69, 9.17) is 0 Å². The van der Waals surface area contributed by atoms with Gasteiger partial charge in [0, 0.05) is 31.5 Å². The molecule has 4 atom stereocenters. The molecule has 3 fully saturated rings. The minimum Gasteiger partial charge on any atom is -0.342 e. The van der Waals surface area contributed by atoms with E-state index in [2.05, 4.69) is 10.6 Å². The first kappa shape index (κ1) is 27.8. The number of carbonyl (C=O) groups excluding carboxylic acids is 4. The van der Waals surface area contributed by atoms with E-state index < -0.39 is 72.1 Å². The lowest BCUT2D eigenvalue weighted by Crippen LogP contribution is -2.61. The van der Waals surface area contributed by atoms with Crippen molar-refractivity contribution in [3.05, 3.63) is 29.8 Å². The number of hydrogen-bond donors (Lipinski definition) is 3. The van der Waals surface area contributed by atoms with Crippen molar-refractivity contribution in [3.63, 3.8) is 0 Å². The highest BCUT2D eigenvalue weighted by Crippen LogP contribution is 2.47. The zero-order chi connectivity index (χ0) is 29.0. The summed E-state index contributed by atoms with van der Waals surface area (Å²) in [5.41, 5.74) is -0.0114. The predicted molar refractivity (Wildman–Crippen MR) is 127 cm³/mol. The van der Waals surface area contributed by atoms with E-state index in [1.165, 1.54) is 10.2 Å².